The number of hydrogen-bond acceptors (Lipinski definition) is 6. The zero-order valence-electron chi connectivity index (χ0n) is 25.7. The second kappa shape index (κ2) is 16.4. The third kappa shape index (κ3) is 9.78. The average Bonchev–Trinajstić information content (AvgIpc) is 3.46. The molecule has 2 aromatic rings. The standard InChI is InChI=1S/C33H43N7O6/c34-33(35)36-18-17-25(30(44)37-23(20-29(42)43)12-11-21-7-3-1-4-8-21)39-31(45)27-16-14-24-13-15-26(32(46)40(24)27)38-28(41)19-22-9-5-2-6-10-22/h1-10,23-27H,11-20H2,(H,37,44)(H,38,41)(H,39,45)(H,42,43)(H4,34,35,36)/t23-,24-,25-,26?,27?/m0/s1. The summed E-state index contributed by atoms with van der Waals surface area (Å²) < 4.78 is 0. The molecule has 246 valence electrons. The number of nitrogens with zero attached hydrogens (tertiary/aromatic N) is 1. The van der Waals surface area contributed by atoms with Crippen molar-refractivity contribution in [2.45, 2.75) is 88.0 Å². The van der Waals surface area contributed by atoms with Gasteiger partial charge in [0, 0.05) is 18.6 Å². The third-order valence-corrected chi connectivity index (χ3v) is 8.46. The van der Waals surface area contributed by atoms with Gasteiger partial charge in [0.15, 0.2) is 5.96 Å². The van der Waals surface area contributed by atoms with E-state index in [2.05, 4.69) is 21.3 Å². The van der Waals surface area contributed by atoms with Crippen molar-refractivity contribution in [2.24, 2.45) is 5.73 Å². The van der Waals surface area contributed by atoms with Crippen LogP contribution >= 0.6 is 0 Å². The quantitative estimate of drug-likeness (QED) is 0.110. The second-order valence-electron chi connectivity index (χ2n) is 11.9. The summed E-state index contributed by atoms with van der Waals surface area (Å²) in [5.74, 6) is -3.03. The maximum absolute atomic E-state index is 13.6. The lowest BCUT2D eigenvalue weighted by molar-refractivity contribution is -0.146. The number of fused-ring (bicyclic) bond motifs is 1. The molecule has 2 fully saturated rings. The number of nitrogens with one attached hydrogen (secondary N) is 5. The molecule has 0 aliphatic carbocycles. The number of carbonyl (C=O) groups is 5. The Labute approximate surface area is 268 Å². The Balaban J connectivity index is 1.41. The maximum Gasteiger partial charge on any atom is 0.305 e. The predicted molar refractivity (Wildman–Crippen MR) is 170 cm³/mol. The summed E-state index contributed by atoms with van der Waals surface area (Å²) in [5, 5.41) is 28.0. The number of aliphatic carboxylic acids is 1. The molecule has 2 heterocycles. The number of carboxylic acid groups (broad SMARTS) is 1. The molecular weight excluding hydrogens is 590 g/mol. The van der Waals surface area contributed by atoms with Crippen molar-refractivity contribution >= 4 is 35.6 Å². The van der Waals surface area contributed by atoms with Gasteiger partial charge in [-0.3, -0.25) is 29.4 Å². The Morgan fingerprint density at radius 2 is 1.57 bits per heavy atom. The van der Waals surface area contributed by atoms with Gasteiger partial charge in [-0.25, -0.2) is 0 Å². The highest BCUT2D eigenvalue weighted by molar-refractivity contribution is 5.95. The fraction of sp³-hybridized carbons (Fsp3) is 0.455. The van der Waals surface area contributed by atoms with Gasteiger partial charge in [-0.1, -0.05) is 60.7 Å². The summed E-state index contributed by atoms with van der Waals surface area (Å²) >= 11 is 0. The number of rotatable bonds is 15. The van der Waals surface area contributed by atoms with Crippen LogP contribution in [0, 0.1) is 5.41 Å². The van der Waals surface area contributed by atoms with Crippen LogP contribution in [0.2, 0.25) is 0 Å². The van der Waals surface area contributed by atoms with Crippen LogP contribution in [0.5, 0.6) is 0 Å². The predicted octanol–water partition coefficient (Wildman–Crippen LogP) is 0.818. The second-order valence-corrected chi connectivity index (χ2v) is 11.9. The molecule has 5 atom stereocenters. The van der Waals surface area contributed by atoms with Gasteiger partial charge in [0.05, 0.1) is 12.8 Å². The highest BCUT2D eigenvalue weighted by atomic mass is 16.4. The average molecular weight is 634 g/mol. The Kier molecular flexibility index (Phi) is 12.1. The van der Waals surface area contributed by atoms with Gasteiger partial charge in [-0.05, 0) is 56.1 Å². The van der Waals surface area contributed by atoms with Crippen LogP contribution in [-0.4, -0.2) is 82.3 Å². The van der Waals surface area contributed by atoms with Crippen molar-refractivity contribution in [3.05, 3.63) is 71.8 Å². The van der Waals surface area contributed by atoms with Gasteiger partial charge in [-0.15, -0.1) is 0 Å². The largest absolute Gasteiger partial charge is 0.481 e. The molecule has 13 heteroatoms. The molecule has 4 amide bonds. The number of nitrogens with two attached hydrogens (primary N) is 1. The number of benzene rings is 2. The normalized spacial score (nSPS) is 20.1. The molecule has 2 aliphatic rings. The van der Waals surface area contributed by atoms with Crippen molar-refractivity contribution in [3.63, 3.8) is 0 Å². The van der Waals surface area contributed by atoms with E-state index in [1.54, 1.807) is 4.90 Å². The molecule has 2 saturated heterocycles. The van der Waals surface area contributed by atoms with E-state index < -0.39 is 42.0 Å². The van der Waals surface area contributed by atoms with E-state index in [9.17, 15) is 29.1 Å². The summed E-state index contributed by atoms with van der Waals surface area (Å²) in [4.78, 5) is 66.5. The van der Waals surface area contributed by atoms with E-state index in [0.29, 0.717) is 38.5 Å². The fourth-order valence-corrected chi connectivity index (χ4v) is 6.19. The summed E-state index contributed by atoms with van der Waals surface area (Å²) in [7, 11) is 0. The number of carboxylic acids is 1. The molecule has 2 aromatic carbocycles. The van der Waals surface area contributed by atoms with Gasteiger partial charge < -0.3 is 37.0 Å². The number of guanidine groups is 1. The van der Waals surface area contributed by atoms with Gasteiger partial charge in [0.25, 0.3) is 0 Å². The molecule has 0 radical (unpaired) electrons. The zero-order chi connectivity index (χ0) is 33.1. The van der Waals surface area contributed by atoms with Crippen molar-refractivity contribution in [1.82, 2.24) is 26.2 Å². The minimum atomic E-state index is -1.08. The molecule has 8 N–H and O–H groups in total. The van der Waals surface area contributed by atoms with Crippen LogP contribution in [0.1, 0.15) is 56.1 Å². The van der Waals surface area contributed by atoms with Gasteiger partial charge in [0.2, 0.25) is 23.6 Å². The molecule has 0 spiro atoms. The highest BCUT2D eigenvalue weighted by Gasteiger charge is 2.46. The van der Waals surface area contributed by atoms with Crippen molar-refractivity contribution in [3.8, 4) is 0 Å². The summed E-state index contributed by atoms with van der Waals surface area (Å²) in [6, 6.07) is 15.2. The Morgan fingerprint density at radius 1 is 0.913 bits per heavy atom. The Hall–Kier alpha value is -4.94. The minimum absolute atomic E-state index is 0.0674. The molecule has 2 aliphatic heterocycles. The van der Waals surface area contributed by atoms with Gasteiger partial charge in [-0.2, -0.15) is 0 Å². The fourth-order valence-electron chi connectivity index (χ4n) is 6.19. The lowest BCUT2D eigenvalue weighted by Crippen LogP contribution is -2.60. The number of piperidine rings is 1. The molecule has 46 heavy (non-hydrogen) atoms. The molecule has 0 bridgehead atoms. The van der Waals surface area contributed by atoms with Crippen LogP contribution < -0.4 is 27.0 Å². The zero-order valence-corrected chi connectivity index (χ0v) is 25.7. The lowest BCUT2D eigenvalue weighted by Gasteiger charge is -2.38. The van der Waals surface area contributed by atoms with Crippen molar-refractivity contribution in [1.29, 1.82) is 5.41 Å². The van der Waals surface area contributed by atoms with E-state index in [1.807, 2.05) is 60.7 Å². The Bertz CT molecular complexity index is 1390. The number of amides is 4. The summed E-state index contributed by atoms with van der Waals surface area (Å²) in [6.45, 7) is 0.104. The van der Waals surface area contributed by atoms with Crippen molar-refractivity contribution < 1.29 is 29.1 Å². The number of aryl methyl sites for hydroxylation is 1. The molecule has 13 nitrogen and oxygen atoms in total. The minimum Gasteiger partial charge on any atom is -0.481 e. The number of hydrogen-bond donors (Lipinski definition) is 7. The first-order valence-corrected chi connectivity index (χ1v) is 15.7. The van der Waals surface area contributed by atoms with Crippen LogP contribution in [-0.2, 0) is 36.8 Å². The van der Waals surface area contributed by atoms with E-state index in [1.165, 1.54) is 0 Å². The molecular formula is C33H43N7O6. The van der Waals surface area contributed by atoms with E-state index in [0.717, 1.165) is 11.1 Å². The molecule has 0 saturated carbocycles. The van der Waals surface area contributed by atoms with Crippen LogP contribution in [0.25, 0.3) is 0 Å². The van der Waals surface area contributed by atoms with Crippen LogP contribution in [0.4, 0.5) is 0 Å². The van der Waals surface area contributed by atoms with Gasteiger partial charge >= 0.3 is 5.97 Å². The lowest BCUT2D eigenvalue weighted by atomic mass is 9.97. The SMILES string of the molecule is N=C(N)NCC[C@H](NC(=O)C1CC[C@@H]2CCC(NC(=O)Cc3ccccc3)C(=O)N12)C(=O)N[C@@H](CCc1ccccc1)CC(=O)O. The Morgan fingerprint density at radius 3 is 2.22 bits per heavy atom. The summed E-state index contributed by atoms with van der Waals surface area (Å²) in [5.41, 5.74) is 7.24. The topological polar surface area (TPSA) is 207 Å². The summed E-state index contributed by atoms with van der Waals surface area (Å²) in [6.07, 6.45) is 2.97. The van der Waals surface area contributed by atoms with Crippen molar-refractivity contribution in [2.75, 3.05) is 6.54 Å². The van der Waals surface area contributed by atoms with E-state index in [-0.39, 0.29) is 49.6 Å². The van der Waals surface area contributed by atoms with Crippen LogP contribution in [0.3, 0.4) is 0 Å². The smallest absolute Gasteiger partial charge is 0.305 e. The van der Waals surface area contributed by atoms with E-state index in [4.69, 9.17) is 11.1 Å². The number of carbonyl (C=O) groups excluding carboxylic acids is 4. The van der Waals surface area contributed by atoms with Gasteiger partial charge in [0.1, 0.15) is 18.1 Å². The van der Waals surface area contributed by atoms with E-state index >= 15 is 0 Å². The first-order chi connectivity index (χ1) is 22.1. The first-order valence-electron chi connectivity index (χ1n) is 15.7. The van der Waals surface area contributed by atoms with Crippen LogP contribution in [0.15, 0.2) is 60.7 Å². The highest BCUT2D eigenvalue weighted by Crippen LogP contribution is 2.33. The molecule has 0 aromatic heterocycles. The first kappa shape index (κ1) is 33.9. The molecule has 4 rings (SSSR count). The monoisotopic (exact) mass is 633 g/mol. The molecule has 2 unspecified atom stereocenters. The maximum atomic E-state index is 13.6. The third-order valence-electron chi connectivity index (χ3n) is 8.46.